The highest BCUT2D eigenvalue weighted by molar-refractivity contribution is 5.66. The first kappa shape index (κ1) is 20.4. The van der Waals surface area contributed by atoms with Crippen LogP contribution < -0.4 is 5.56 Å². The van der Waals surface area contributed by atoms with Gasteiger partial charge in [-0.15, -0.1) is 10.2 Å². The predicted molar refractivity (Wildman–Crippen MR) is 102 cm³/mol. The smallest absolute Gasteiger partial charge is 0.303 e. The van der Waals surface area contributed by atoms with Crippen LogP contribution in [0.2, 0.25) is 0 Å². The zero-order chi connectivity index (χ0) is 20.0. The van der Waals surface area contributed by atoms with Crippen LogP contribution in [0, 0.1) is 12.8 Å². The first-order chi connectivity index (χ1) is 12.8. The van der Waals surface area contributed by atoms with Crippen molar-refractivity contribution in [1.82, 2.24) is 9.78 Å². The lowest BCUT2D eigenvalue weighted by molar-refractivity contribution is -0.137. The van der Waals surface area contributed by atoms with Crippen molar-refractivity contribution in [3.63, 3.8) is 0 Å². The number of aliphatic carboxylic acids is 1. The fraction of sp³-hybridized carbons (Fsp3) is 0.474. The van der Waals surface area contributed by atoms with Gasteiger partial charge in [0.1, 0.15) is 11.4 Å². The Morgan fingerprint density at radius 3 is 2.70 bits per heavy atom. The second-order valence-corrected chi connectivity index (χ2v) is 6.96. The van der Waals surface area contributed by atoms with E-state index < -0.39 is 5.97 Å². The molecule has 0 aliphatic carbocycles. The van der Waals surface area contributed by atoms with Gasteiger partial charge in [-0.1, -0.05) is 26.0 Å². The van der Waals surface area contributed by atoms with Crippen molar-refractivity contribution >= 4 is 17.3 Å². The van der Waals surface area contributed by atoms with E-state index in [1.165, 1.54) is 4.68 Å². The summed E-state index contributed by atoms with van der Waals surface area (Å²) in [5.41, 5.74) is 1.44. The largest absolute Gasteiger partial charge is 0.505 e. The molecule has 0 aliphatic rings. The number of phenolic OH excluding ortho intramolecular Hbond substituents is 1. The molecule has 0 saturated carbocycles. The summed E-state index contributed by atoms with van der Waals surface area (Å²) >= 11 is 0. The average Bonchev–Trinajstić information content (AvgIpc) is 2.86. The SMILES string of the molecule is Cc1[nH]n(CCCC(=O)O)c(=O)c1N=Nc1cccc(CCC(C)C)c1O. The number of rotatable bonds is 9. The maximum atomic E-state index is 12.4. The monoisotopic (exact) mass is 374 g/mol. The van der Waals surface area contributed by atoms with Gasteiger partial charge in [-0.3, -0.25) is 19.4 Å². The van der Waals surface area contributed by atoms with Crippen LogP contribution in [0.4, 0.5) is 11.4 Å². The van der Waals surface area contributed by atoms with E-state index in [0.29, 0.717) is 23.7 Å². The van der Waals surface area contributed by atoms with Crippen molar-refractivity contribution in [3.8, 4) is 5.75 Å². The molecule has 146 valence electrons. The maximum absolute atomic E-state index is 12.4. The number of phenols is 1. The number of aromatic hydroxyl groups is 1. The number of aromatic nitrogens is 2. The third-order valence-corrected chi connectivity index (χ3v) is 4.23. The molecule has 2 rings (SSSR count). The summed E-state index contributed by atoms with van der Waals surface area (Å²) < 4.78 is 1.32. The summed E-state index contributed by atoms with van der Waals surface area (Å²) in [7, 11) is 0. The molecule has 3 N–H and O–H groups in total. The molecule has 8 nitrogen and oxygen atoms in total. The van der Waals surface area contributed by atoms with Crippen LogP contribution in [-0.2, 0) is 17.8 Å². The number of carboxylic acids is 1. The summed E-state index contributed by atoms with van der Waals surface area (Å²) in [4.78, 5) is 23.0. The van der Waals surface area contributed by atoms with Crippen LogP contribution in [0.5, 0.6) is 5.75 Å². The minimum absolute atomic E-state index is 0.0155. The second kappa shape index (κ2) is 9.16. The predicted octanol–water partition coefficient (Wildman–Crippen LogP) is 4.06. The maximum Gasteiger partial charge on any atom is 0.303 e. The van der Waals surface area contributed by atoms with Gasteiger partial charge in [-0.05, 0) is 43.7 Å². The lowest BCUT2D eigenvalue weighted by Gasteiger charge is -2.08. The van der Waals surface area contributed by atoms with Crippen molar-refractivity contribution < 1.29 is 15.0 Å². The second-order valence-electron chi connectivity index (χ2n) is 6.96. The molecule has 0 aliphatic heterocycles. The Bertz CT molecular complexity index is 880. The van der Waals surface area contributed by atoms with E-state index in [4.69, 9.17) is 5.11 Å². The van der Waals surface area contributed by atoms with Gasteiger partial charge in [0.25, 0.3) is 5.56 Å². The molecule has 1 aromatic heterocycles. The highest BCUT2D eigenvalue weighted by Crippen LogP contribution is 2.32. The molecule has 1 heterocycles. The van der Waals surface area contributed by atoms with Gasteiger partial charge >= 0.3 is 5.97 Å². The molecule has 0 fully saturated rings. The number of nitrogens with zero attached hydrogens (tertiary/aromatic N) is 3. The molecule has 1 aromatic carbocycles. The Morgan fingerprint density at radius 1 is 1.30 bits per heavy atom. The fourth-order valence-corrected chi connectivity index (χ4v) is 2.67. The molecule has 0 unspecified atom stereocenters. The van der Waals surface area contributed by atoms with Gasteiger partial charge in [-0.2, -0.15) is 0 Å². The number of nitrogens with one attached hydrogen (secondary N) is 1. The zero-order valence-corrected chi connectivity index (χ0v) is 15.9. The van der Waals surface area contributed by atoms with Gasteiger partial charge in [0.2, 0.25) is 0 Å². The number of aromatic amines is 1. The minimum atomic E-state index is -0.904. The molecular weight excluding hydrogens is 348 g/mol. The van der Waals surface area contributed by atoms with E-state index in [1.54, 1.807) is 19.1 Å². The van der Waals surface area contributed by atoms with Crippen LogP contribution in [0.3, 0.4) is 0 Å². The Morgan fingerprint density at radius 2 is 2.04 bits per heavy atom. The van der Waals surface area contributed by atoms with Gasteiger partial charge in [0.05, 0.1) is 5.69 Å². The summed E-state index contributed by atoms with van der Waals surface area (Å²) in [6, 6.07) is 5.30. The Hall–Kier alpha value is -2.90. The zero-order valence-electron chi connectivity index (χ0n) is 15.9. The van der Waals surface area contributed by atoms with Gasteiger partial charge in [-0.25, -0.2) is 0 Å². The molecule has 8 heteroatoms. The van der Waals surface area contributed by atoms with Crippen LogP contribution in [-0.4, -0.2) is 26.0 Å². The van der Waals surface area contributed by atoms with Crippen molar-refractivity contribution in [2.45, 2.75) is 53.0 Å². The number of benzene rings is 1. The third kappa shape index (κ3) is 5.54. The van der Waals surface area contributed by atoms with E-state index in [2.05, 4.69) is 29.2 Å². The molecule has 27 heavy (non-hydrogen) atoms. The molecule has 0 atom stereocenters. The van der Waals surface area contributed by atoms with E-state index in [9.17, 15) is 14.7 Å². The first-order valence-electron chi connectivity index (χ1n) is 9.03. The van der Waals surface area contributed by atoms with Crippen LogP contribution in [0.1, 0.15) is 44.4 Å². The lowest BCUT2D eigenvalue weighted by atomic mass is 10.0. The fourth-order valence-electron chi connectivity index (χ4n) is 2.67. The van der Waals surface area contributed by atoms with Gasteiger partial charge < -0.3 is 10.2 Å². The Balaban J connectivity index is 2.18. The number of para-hydroxylation sites is 1. The number of hydrogen-bond donors (Lipinski definition) is 3. The van der Waals surface area contributed by atoms with Gasteiger partial charge in [0.15, 0.2) is 5.69 Å². The summed E-state index contributed by atoms with van der Waals surface area (Å²) in [5, 5.41) is 30.0. The van der Waals surface area contributed by atoms with E-state index in [-0.39, 0.29) is 30.0 Å². The van der Waals surface area contributed by atoms with Crippen molar-refractivity contribution in [2.75, 3.05) is 0 Å². The van der Waals surface area contributed by atoms with E-state index in [0.717, 1.165) is 18.4 Å². The van der Waals surface area contributed by atoms with Crippen LogP contribution in [0.15, 0.2) is 33.2 Å². The molecule has 0 amide bonds. The number of carboxylic acid groups (broad SMARTS) is 1. The Labute approximate surface area is 157 Å². The quantitative estimate of drug-likeness (QED) is 0.573. The molecule has 2 aromatic rings. The summed E-state index contributed by atoms with van der Waals surface area (Å²) in [6.07, 6.45) is 2.02. The average molecular weight is 374 g/mol. The Kier molecular flexibility index (Phi) is 6.92. The van der Waals surface area contributed by atoms with E-state index in [1.807, 2.05) is 6.07 Å². The first-order valence-corrected chi connectivity index (χ1v) is 9.03. The van der Waals surface area contributed by atoms with E-state index >= 15 is 0 Å². The summed E-state index contributed by atoms with van der Waals surface area (Å²) in [5.74, 6) is -0.298. The number of H-pyrrole nitrogens is 1. The van der Waals surface area contributed by atoms with Crippen molar-refractivity contribution in [2.24, 2.45) is 16.1 Å². The highest BCUT2D eigenvalue weighted by atomic mass is 16.4. The number of azo groups is 1. The normalized spacial score (nSPS) is 11.6. The third-order valence-electron chi connectivity index (χ3n) is 4.23. The molecule has 0 bridgehead atoms. The number of carbonyl (C=O) groups is 1. The number of hydrogen-bond acceptors (Lipinski definition) is 5. The topological polar surface area (TPSA) is 120 Å². The highest BCUT2D eigenvalue weighted by Gasteiger charge is 2.12. The van der Waals surface area contributed by atoms with Crippen molar-refractivity contribution in [1.29, 1.82) is 0 Å². The molecule has 0 spiro atoms. The van der Waals surface area contributed by atoms with Crippen LogP contribution in [0.25, 0.3) is 0 Å². The van der Waals surface area contributed by atoms with Crippen LogP contribution >= 0.6 is 0 Å². The molecular formula is C19H26N4O4. The van der Waals surface area contributed by atoms with Gasteiger partial charge in [0, 0.05) is 13.0 Å². The lowest BCUT2D eigenvalue weighted by Crippen LogP contribution is -2.17. The molecule has 0 saturated heterocycles. The standard InChI is InChI=1S/C19H26N4O4/c1-12(2)9-10-14-6-4-7-15(18(14)26)20-21-17-13(3)22-23(19(17)27)11-5-8-16(24)25/h4,6-7,12,22,26H,5,8-11H2,1-3H3,(H,24,25). The molecule has 0 radical (unpaired) electrons. The minimum Gasteiger partial charge on any atom is -0.505 e. The van der Waals surface area contributed by atoms with Crippen molar-refractivity contribution in [3.05, 3.63) is 39.8 Å². The summed E-state index contributed by atoms with van der Waals surface area (Å²) in [6.45, 7) is 6.20. The number of aryl methyl sites for hydroxylation is 3.